The van der Waals surface area contributed by atoms with E-state index in [1.165, 1.54) is 5.56 Å². The van der Waals surface area contributed by atoms with Gasteiger partial charge in [0.05, 0.1) is 11.6 Å². The number of pyridine rings is 1. The Kier molecular flexibility index (Phi) is 6.67. The molecule has 6 heteroatoms. The van der Waals surface area contributed by atoms with Crippen molar-refractivity contribution in [1.82, 2.24) is 14.8 Å². The van der Waals surface area contributed by atoms with Crippen LogP contribution in [-0.4, -0.2) is 58.8 Å². The Morgan fingerprint density at radius 2 is 1.73 bits per heavy atom. The molecule has 2 heterocycles. The lowest BCUT2D eigenvalue weighted by Crippen LogP contribution is -2.32. The van der Waals surface area contributed by atoms with Crippen LogP contribution >= 0.6 is 0 Å². The standard InChI is InChI=1S/C24H29N3O3/c1-16(2)17-6-8-18(9-7-17)21-20(22(28)19-10-12-25-13-11-19)23(29)24(30)27(21)15-5-14-26(3)4/h6-13,16,21,28H,5,14-15H2,1-4H3/b22-20-. The van der Waals surface area contributed by atoms with Crippen LogP contribution in [0.4, 0.5) is 0 Å². The second-order valence-electron chi connectivity index (χ2n) is 8.21. The summed E-state index contributed by atoms with van der Waals surface area (Å²) >= 11 is 0. The van der Waals surface area contributed by atoms with E-state index in [9.17, 15) is 14.7 Å². The summed E-state index contributed by atoms with van der Waals surface area (Å²) in [6.45, 7) is 5.47. The summed E-state index contributed by atoms with van der Waals surface area (Å²) in [4.78, 5) is 33.4. The summed E-state index contributed by atoms with van der Waals surface area (Å²) in [5, 5.41) is 11.0. The van der Waals surface area contributed by atoms with Crippen molar-refractivity contribution in [2.45, 2.75) is 32.2 Å². The molecule has 0 saturated carbocycles. The topological polar surface area (TPSA) is 73.7 Å². The highest BCUT2D eigenvalue weighted by atomic mass is 16.3. The largest absolute Gasteiger partial charge is 0.507 e. The lowest BCUT2D eigenvalue weighted by Gasteiger charge is -2.26. The third-order valence-electron chi connectivity index (χ3n) is 5.42. The van der Waals surface area contributed by atoms with Gasteiger partial charge in [0.2, 0.25) is 0 Å². The summed E-state index contributed by atoms with van der Waals surface area (Å²) in [6.07, 6.45) is 3.83. The fourth-order valence-electron chi connectivity index (χ4n) is 3.74. The first-order chi connectivity index (χ1) is 14.3. The van der Waals surface area contributed by atoms with E-state index in [-0.39, 0.29) is 11.3 Å². The van der Waals surface area contributed by atoms with E-state index in [0.717, 1.165) is 18.5 Å². The Morgan fingerprint density at radius 3 is 2.30 bits per heavy atom. The fraction of sp³-hybridized carbons (Fsp3) is 0.375. The molecule has 0 aliphatic carbocycles. The number of hydrogen-bond donors (Lipinski definition) is 1. The monoisotopic (exact) mass is 407 g/mol. The molecule has 1 aliphatic heterocycles. The van der Waals surface area contributed by atoms with Crippen LogP contribution in [0.1, 0.15) is 48.9 Å². The Bertz CT molecular complexity index is 934. The van der Waals surface area contributed by atoms with E-state index in [4.69, 9.17) is 0 Å². The van der Waals surface area contributed by atoms with Crippen molar-refractivity contribution in [3.8, 4) is 0 Å². The molecule has 1 atom stereocenters. The quantitative estimate of drug-likeness (QED) is 0.431. The number of ketones is 1. The van der Waals surface area contributed by atoms with E-state index in [1.54, 1.807) is 29.4 Å². The van der Waals surface area contributed by atoms with Crippen molar-refractivity contribution in [2.75, 3.05) is 27.2 Å². The molecule has 3 rings (SSSR count). The number of benzene rings is 1. The average Bonchev–Trinajstić information content (AvgIpc) is 2.98. The molecule has 1 aromatic carbocycles. The zero-order chi connectivity index (χ0) is 21.8. The number of likely N-dealkylation sites (tertiary alicyclic amines) is 1. The van der Waals surface area contributed by atoms with Crippen LogP contribution in [0, 0.1) is 0 Å². The molecule has 0 spiro atoms. The van der Waals surface area contributed by atoms with Gasteiger partial charge in [-0.15, -0.1) is 0 Å². The maximum atomic E-state index is 13.0. The SMILES string of the molecule is CC(C)c1ccc(C2/C(=C(/O)c3ccncc3)C(=O)C(=O)N2CCCN(C)C)cc1. The van der Waals surface area contributed by atoms with E-state index in [0.29, 0.717) is 18.0 Å². The molecule has 1 aliphatic rings. The van der Waals surface area contributed by atoms with Gasteiger partial charge in [-0.05, 0) is 56.2 Å². The smallest absolute Gasteiger partial charge is 0.295 e. The van der Waals surface area contributed by atoms with Gasteiger partial charge in [0.15, 0.2) is 0 Å². The van der Waals surface area contributed by atoms with Crippen molar-refractivity contribution in [2.24, 2.45) is 0 Å². The lowest BCUT2D eigenvalue weighted by atomic mass is 9.93. The van der Waals surface area contributed by atoms with Crippen LogP contribution in [0.5, 0.6) is 0 Å². The van der Waals surface area contributed by atoms with Gasteiger partial charge >= 0.3 is 0 Å². The maximum absolute atomic E-state index is 13.0. The summed E-state index contributed by atoms with van der Waals surface area (Å²) < 4.78 is 0. The number of nitrogens with zero attached hydrogens (tertiary/aromatic N) is 3. The minimum atomic E-state index is -0.646. The predicted octanol–water partition coefficient (Wildman–Crippen LogP) is 3.58. The van der Waals surface area contributed by atoms with E-state index >= 15 is 0 Å². The second-order valence-corrected chi connectivity index (χ2v) is 8.21. The summed E-state index contributed by atoms with van der Waals surface area (Å²) in [6, 6.07) is 10.6. The molecule has 1 fully saturated rings. The number of rotatable bonds is 7. The van der Waals surface area contributed by atoms with E-state index in [2.05, 4.69) is 18.8 Å². The van der Waals surface area contributed by atoms with Crippen molar-refractivity contribution in [3.63, 3.8) is 0 Å². The average molecular weight is 408 g/mol. The first kappa shape index (κ1) is 21.7. The normalized spacial score (nSPS) is 18.6. The molecule has 1 aromatic heterocycles. The number of aliphatic hydroxyl groups is 1. The molecule has 30 heavy (non-hydrogen) atoms. The van der Waals surface area contributed by atoms with Crippen LogP contribution in [0.15, 0.2) is 54.4 Å². The molecular weight excluding hydrogens is 378 g/mol. The first-order valence-corrected chi connectivity index (χ1v) is 10.2. The fourth-order valence-corrected chi connectivity index (χ4v) is 3.74. The van der Waals surface area contributed by atoms with Crippen LogP contribution in [0.3, 0.4) is 0 Å². The summed E-state index contributed by atoms with van der Waals surface area (Å²) in [5.74, 6) is -1.000. The van der Waals surface area contributed by atoms with Crippen molar-refractivity contribution < 1.29 is 14.7 Å². The highest BCUT2D eigenvalue weighted by Gasteiger charge is 2.45. The number of aliphatic hydroxyl groups excluding tert-OH is 1. The van der Waals surface area contributed by atoms with E-state index < -0.39 is 17.7 Å². The number of Topliss-reactive ketones (excluding diaryl/α,β-unsaturated/α-hetero) is 1. The third kappa shape index (κ3) is 4.44. The first-order valence-electron chi connectivity index (χ1n) is 10.2. The molecule has 1 saturated heterocycles. The molecule has 158 valence electrons. The predicted molar refractivity (Wildman–Crippen MR) is 117 cm³/mol. The second kappa shape index (κ2) is 9.22. The van der Waals surface area contributed by atoms with Crippen LogP contribution in [0.2, 0.25) is 0 Å². The molecule has 1 N–H and O–H groups in total. The number of carbonyl (C=O) groups is 2. The van der Waals surface area contributed by atoms with Crippen LogP contribution in [0.25, 0.3) is 5.76 Å². The molecular formula is C24H29N3O3. The van der Waals surface area contributed by atoms with Crippen LogP contribution in [-0.2, 0) is 9.59 Å². The van der Waals surface area contributed by atoms with Crippen molar-refractivity contribution in [1.29, 1.82) is 0 Å². The zero-order valence-electron chi connectivity index (χ0n) is 18.0. The van der Waals surface area contributed by atoms with E-state index in [1.807, 2.05) is 43.3 Å². The molecule has 1 unspecified atom stereocenters. The number of hydrogen-bond acceptors (Lipinski definition) is 5. The minimum absolute atomic E-state index is 0.133. The molecule has 0 bridgehead atoms. The van der Waals surface area contributed by atoms with Gasteiger partial charge in [0.1, 0.15) is 5.76 Å². The Hall–Kier alpha value is -2.99. The highest BCUT2D eigenvalue weighted by Crippen LogP contribution is 2.39. The van der Waals surface area contributed by atoms with Gasteiger partial charge in [-0.25, -0.2) is 0 Å². The van der Waals surface area contributed by atoms with Gasteiger partial charge in [-0.1, -0.05) is 38.1 Å². The number of carbonyl (C=O) groups excluding carboxylic acids is 2. The third-order valence-corrected chi connectivity index (χ3v) is 5.42. The van der Waals surface area contributed by atoms with Crippen molar-refractivity contribution in [3.05, 3.63) is 71.1 Å². The molecule has 0 radical (unpaired) electrons. The number of aromatic nitrogens is 1. The van der Waals surface area contributed by atoms with Gasteiger partial charge in [0, 0.05) is 24.5 Å². The van der Waals surface area contributed by atoms with Gasteiger partial charge in [-0.2, -0.15) is 0 Å². The van der Waals surface area contributed by atoms with Gasteiger partial charge < -0.3 is 14.9 Å². The van der Waals surface area contributed by atoms with Crippen LogP contribution < -0.4 is 0 Å². The zero-order valence-corrected chi connectivity index (χ0v) is 18.0. The maximum Gasteiger partial charge on any atom is 0.295 e. The molecule has 1 amide bonds. The Morgan fingerprint density at radius 1 is 1.10 bits per heavy atom. The molecule has 2 aromatic rings. The highest BCUT2D eigenvalue weighted by molar-refractivity contribution is 6.46. The van der Waals surface area contributed by atoms with Gasteiger partial charge in [0.25, 0.3) is 11.7 Å². The number of amides is 1. The van der Waals surface area contributed by atoms with Gasteiger partial charge in [-0.3, -0.25) is 14.6 Å². The minimum Gasteiger partial charge on any atom is -0.507 e. The Balaban J connectivity index is 2.07. The summed E-state index contributed by atoms with van der Waals surface area (Å²) in [7, 11) is 3.94. The lowest BCUT2D eigenvalue weighted by molar-refractivity contribution is -0.139. The Labute approximate surface area is 177 Å². The molecule has 6 nitrogen and oxygen atoms in total. The van der Waals surface area contributed by atoms with Crippen molar-refractivity contribution >= 4 is 17.4 Å². The summed E-state index contributed by atoms with van der Waals surface area (Å²) in [5.41, 5.74) is 2.60.